The molecular weight excluding hydrogens is 264 g/mol. The lowest BCUT2D eigenvalue weighted by molar-refractivity contribution is 0.199. The average Bonchev–Trinajstić information content (AvgIpc) is 2.91. The predicted molar refractivity (Wildman–Crippen MR) is 86.0 cm³/mol. The quantitative estimate of drug-likeness (QED) is 0.780. The number of nitrogens with zero attached hydrogens (tertiary/aromatic N) is 3. The van der Waals surface area contributed by atoms with Gasteiger partial charge in [-0.15, -0.1) is 0 Å². The van der Waals surface area contributed by atoms with E-state index in [1.165, 1.54) is 12.8 Å². The van der Waals surface area contributed by atoms with E-state index in [2.05, 4.69) is 42.0 Å². The Kier molecular flexibility index (Phi) is 5.94. The van der Waals surface area contributed by atoms with Gasteiger partial charge in [0, 0.05) is 50.5 Å². The van der Waals surface area contributed by atoms with Crippen molar-refractivity contribution < 1.29 is 4.74 Å². The van der Waals surface area contributed by atoms with Crippen molar-refractivity contribution in [1.82, 2.24) is 15.3 Å². The highest BCUT2D eigenvalue weighted by molar-refractivity contribution is 5.42. The molecule has 0 aromatic carbocycles. The highest BCUT2D eigenvalue weighted by Gasteiger charge is 2.26. The Labute approximate surface area is 128 Å². The third-order valence-corrected chi connectivity index (χ3v) is 3.91. The van der Waals surface area contributed by atoms with Crippen molar-refractivity contribution in [3.8, 4) is 0 Å². The Hall–Kier alpha value is -1.20. The van der Waals surface area contributed by atoms with Crippen LogP contribution in [0, 0.1) is 6.92 Å². The number of aromatic nitrogens is 2. The van der Waals surface area contributed by atoms with Gasteiger partial charge in [0.25, 0.3) is 0 Å². The fourth-order valence-electron chi connectivity index (χ4n) is 2.77. The summed E-state index contributed by atoms with van der Waals surface area (Å²) in [5.74, 6) is 2.40. The summed E-state index contributed by atoms with van der Waals surface area (Å²) in [6.45, 7) is 10.1. The van der Waals surface area contributed by atoms with E-state index in [0.29, 0.717) is 12.0 Å². The van der Waals surface area contributed by atoms with Crippen LogP contribution < -0.4 is 10.2 Å². The lowest BCUT2D eigenvalue weighted by Gasteiger charge is -2.27. The molecule has 1 saturated heterocycles. The van der Waals surface area contributed by atoms with Gasteiger partial charge >= 0.3 is 0 Å². The summed E-state index contributed by atoms with van der Waals surface area (Å²) in [6, 6.07) is 2.63. The molecule has 1 atom stereocenters. The molecule has 21 heavy (non-hydrogen) atoms. The van der Waals surface area contributed by atoms with Crippen LogP contribution in [-0.4, -0.2) is 49.4 Å². The Morgan fingerprint density at radius 2 is 2.24 bits per heavy atom. The van der Waals surface area contributed by atoms with Crippen LogP contribution in [0.3, 0.4) is 0 Å². The van der Waals surface area contributed by atoms with Crippen molar-refractivity contribution in [2.45, 2.75) is 45.6 Å². The van der Waals surface area contributed by atoms with Crippen LogP contribution >= 0.6 is 0 Å². The standard InChI is InChI=1S/C16H28N4O/c1-12(2)16-18-13(3)10-15(19-16)20-8-5-6-14(20)11-17-7-9-21-4/h10,12,14,17H,5-9,11H2,1-4H3. The minimum atomic E-state index is 0.365. The topological polar surface area (TPSA) is 50.3 Å². The van der Waals surface area contributed by atoms with Gasteiger partial charge in [0.05, 0.1) is 6.61 Å². The van der Waals surface area contributed by atoms with Gasteiger partial charge in [0.1, 0.15) is 11.6 Å². The SMILES string of the molecule is COCCNCC1CCCN1c1cc(C)nc(C(C)C)n1. The molecule has 1 N–H and O–H groups in total. The number of methoxy groups -OCH3 is 1. The third-order valence-electron chi connectivity index (χ3n) is 3.91. The maximum absolute atomic E-state index is 5.08. The van der Waals surface area contributed by atoms with Gasteiger partial charge < -0.3 is 15.0 Å². The largest absolute Gasteiger partial charge is 0.383 e. The van der Waals surface area contributed by atoms with Crippen LogP contribution in [0.25, 0.3) is 0 Å². The van der Waals surface area contributed by atoms with Crippen LogP contribution in [0.4, 0.5) is 5.82 Å². The first-order valence-electron chi connectivity index (χ1n) is 7.93. The van der Waals surface area contributed by atoms with Gasteiger partial charge in [-0.05, 0) is 19.8 Å². The first-order valence-corrected chi connectivity index (χ1v) is 7.93. The molecule has 0 spiro atoms. The lowest BCUT2D eigenvalue weighted by atomic mass is 10.2. The van der Waals surface area contributed by atoms with E-state index in [1.807, 2.05) is 0 Å². The molecule has 0 aliphatic carbocycles. The van der Waals surface area contributed by atoms with Crippen LogP contribution in [0.5, 0.6) is 0 Å². The highest BCUT2D eigenvalue weighted by Crippen LogP contribution is 2.25. The molecule has 1 aromatic heterocycles. The molecule has 2 rings (SSSR count). The Morgan fingerprint density at radius 1 is 1.43 bits per heavy atom. The van der Waals surface area contributed by atoms with E-state index in [1.54, 1.807) is 7.11 Å². The molecule has 0 radical (unpaired) electrons. The summed E-state index contributed by atoms with van der Waals surface area (Å²) in [4.78, 5) is 11.7. The predicted octanol–water partition coefficient (Wildman–Crippen LogP) is 2.11. The maximum Gasteiger partial charge on any atom is 0.133 e. The van der Waals surface area contributed by atoms with Gasteiger partial charge in [-0.2, -0.15) is 0 Å². The molecule has 2 heterocycles. The first kappa shape index (κ1) is 16.2. The number of hydrogen-bond acceptors (Lipinski definition) is 5. The van der Waals surface area contributed by atoms with Crippen LogP contribution in [0.2, 0.25) is 0 Å². The molecule has 1 aromatic rings. The van der Waals surface area contributed by atoms with E-state index in [-0.39, 0.29) is 0 Å². The number of nitrogens with one attached hydrogen (secondary N) is 1. The van der Waals surface area contributed by atoms with Crippen molar-refractivity contribution in [3.63, 3.8) is 0 Å². The van der Waals surface area contributed by atoms with Crippen molar-refractivity contribution in [2.75, 3.05) is 38.3 Å². The zero-order chi connectivity index (χ0) is 15.2. The van der Waals surface area contributed by atoms with Gasteiger partial charge in [-0.25, -0.2) is 9.97 Å². The fraction of sp³-hybridized carbons (Fsp3) is 0.750. The molecule has 1 unspecified atom stereocenters. The van der Waals surface area contributed by atoms with Gasteiger partial charge in [0.15, 0.2) is 0 Å². The third kappa shape index (κ3) is 4.38. The van der Waals surface area contributed by atoms with Crippen molar-refractivity contribution in [3.05, 3.63) is 17.6 Å². The van der Waals surface area contributed by atoms with Crippen molar-refractivity contribution >= 4 is 5.82 Å². The molecule has 1 aliphatic rings. The molecule has 0 amide bonds. The molecule has 0 bridgehead atoms. The molecule has 1 aliphatic heterocycles. The number of anilines is 1. The summed E-state index contributed by atoms with van der Waals surface area (Å²) in [5.41, 5.74) is 1.06. The molecule has 1 fully saturated rings. The summed E-state index contributed by atoms with van der Waals surface area (Å²) in [6.07, 6.45) is 2.46. The lowest BCUT2D eigenvalue weighted by Crippen LogP contribution is -2.39. The second-order valence-electron chi connectivity index (χ2n) is 6.07. The zero-order valence-electron chi connectivity index (χ0n) is 13.7. The van der Waals surface area contributed by atoms with E-state index >= 15 is 0 Å². The Morgan fingerprint density at radius 3 is 2.95 bits per heavy atom. The first-order chi connectivity index (χ1) is 10.1. The van der Waals surface area contributed by atoms with Gasteiger partial charge in [-0.3, -0.25) is 0 Å². The van der Waals surface area contributed by atoms with Gasteiger partial charge in [-0.1, -0.05) is 13.8 Å². The smallest absolute Gasteiger partial charge is 0.133 e. The Balaban J connectivity index is 2.05. The number of ether oxygens (including phenoxy) is 1. The van der Waals surface area contributed by atoms with Crippen LogP contribution in [0.1, 0.15) is 44.1 Å². The minimum absolute atomic E-state index is 0.365. The van der Waals surface area contributed by atoms with Crippen molar-refractivity contribution in [1.29, 1.82) is 0 Å². The van der Waals surface area contributed by atoms with Crippen molar-refractivity contribution in [2.24, 2.45) is 0 Å². The number of hydrogen-bond donors (Lipinski definition) is 1. The second-order valence-corrected chi connectivity index (χ2v) is 6.07. The Bertz CT molecular complexity index is 450. The summed E-state index contributed by atoms with van der Waals surface area (Å²) < 4.78 is 5.08. The van der Waals surface area contributed by atoms with Crippen LogP contribution in [0.15, 0.2) is 6.07 Å². The van der Waals surface area contributed by atoms with E-state index in [4.69, 9.17) is 9.72 Å². The molecule has 5 nitrogen and oxygen atoms in total. The normalized spacial score (nSPS) is 18.7. The zero-order valence-corrected chi connectivity index (χ0v) is 13.7. The van der Waals surface area contributed by atoms with E-state index in [9.17, 15) is 0 Å². The molecule has 118 valence electrons. The summed E-state index contributed by atoms with van der Waals surface area (Å²) >= 11 is 0. The minimum Gasteiger partial charge on any atom is -0.383 e. The monoisotopic (exact) mass is 292 g/mol. The molecular formula is C16H28N4O. The number of rotatable bonds is 7. The maximum atomic E-state index is 5.08. The second kappa shape index (κ2) is 7.71. The van der Waals surface area contributed by atoms with Crippen LogP contribution in [-0.2, 0) is 4.74 Å². The molecule has 5 heteroatoms. The van der Waals surface area contributed by atoms with E-state index < -0.39 is 0 Å². The van der Waals surface area contributed by atoms with E-state index in [0.717, 1.165) is 43.6 Å². The average molecular weight is 292 g/mol. The molecule has 0 saturated carbocycles. The fourth-order valence-corrected chi connectivity index (χ4v) is 2.77. The highest BCUT2D eigenvalue weighted by atomic mass is 16.5. The van der Waals surface area contributed by atoms with Gasteiger partial charge in [0.2, 0.25) is 0 Å². The summed E-state index contributed by atoms with van der Waals surface area (Å²) in [7, 11) is 1.74. The number of aryl methyl sites for hydroxylation is 1. The summed E-state index contributed by atoms with van der Waals surface area (Å²) in [5, 5.41) is 3.47.